The van der Waals surface area contributed by atoms with E-state index in [2.05, 4.69) is 19.2 Å². The third-order valence-corrected chi connectivity index (χ3v) is 6.21. The van der Waals surface area contributed by atoms with E-state index >= 15 is 0 Å². The van der Waals surface area contributed by atoms with Gasteiger partial charge in [-0.2, -0.15) is 0 Å². The number of hydrogen-bond donors (Lipinski definition) is 1. The second-order valence-corrected chi connectivity index (χ2v) is 9.31. The van der Waals surface area contributed by atoms with Crippen LogP contribution < -0.4 is 5.32 Å². The highest BCUT2D eigenvalue weighted by Crippen LogP contribution is 2.13. The molecule has 0 aromatic carbocycles. The van der Waals surface area contributed by atoms with Crippen LogP contribution in [-0.4, -0.2) is 11.5 Å². The van der Waals surface area contributed by atoms with Crippen molar-refractivity contribution < 1.29 is 0 Å². The molecule has 1 nitrogen and oxygen atoms in total. The first-order valence-electron chi connectivity index (χ1n) is 13.1. The molecule has 0 saturated heterocycles. The fraction of sp³-hybridized carbons (Fsp3) is 0.962. The van der Waals surface area contributed by atoms with Gasteiger partial charge in [-0.3, -0.25) is 0 Å². The minimum absolute atomic E-state index is 1.09. The molecule has 0 aliphatic heterocycles. The monoisotopic (exact) mass is 411 g/mol. The van der Waals surface area contributed by atoms with Crippen molar-refractivity contribution >= 4 is 17.2 Å². The highest BCUT2D eigenvalue weighted by Gasteiger charge is 1.97. The fourth-order valence-corrected chi connectivity index (χ4v) is 4.12. The summed E-state index contributed by atoms with van der Waals surface area (Å²) >= 11 is 5.43. The first kappa shape index (κ1) is 27.9. The topological polar surface area (TPSA) is 12.0 Å². The number of thiocarbonyl (C=S) groups is 1. The summed E-state index contributed by atoms with van der Waals surface area (Å²) in [6.45, 7) is 5.65. The van der Waals surface area contributed by atoms with Crippen molar-refractivity contribution in [3.05, 3.63) is 0 Å². The number of hydrogen-bond acceptors (Lipinski definition) is 1. The average molecular weight is 412 g/mol. The van der Waals surface area contributed by atoms with Gasteiger partial charge in [-0.1, -0.05) is 148 Å². The summed E-state index contributed by atoms with van der Waals surface area (Å²) in [5.74, 6) is 0. The predicted octanol–water partition coefficient (Wildman–Crippen LogP) is 9.53. The molecule has 0 atom stereocenters. The molecule has 28 heavy (non-hydrogen) atoms. The van der Waals surface area contributed by atoms with Gasteiger partial charge < -0.3 is 5.32 Å². The van der Waals surface area contributed by atoms with E-state index < -0.39 is 0 Å². The van der Waals surface area contributed by atoms with Crippen LogP contribution in [0.4, 0.5) is 0 Å². The smallest absolute Gasteiger partial charge is 0.0753 e. The quantitative estimate of drug-likeness (QED) is 0.133. The van der Waals surface area contributed by atoms with Gasteiger partial charge >= 0.3 is 0 Å². The van der Waals surface area contributed by atoms with E-state index in [1.807, 2.05) is 0 Å². The van der Waals surface area contributed by atoms with Crippen molar-refractivity contribution in [2.75, 3.05) is 6.54 Å². The molecule has 0 aliphatic rings. The molecule has 0 bridgehead atoms. The van der Waals surface area contributed by atoms with Crippen LogP contribution in [0.2, 0.25) is 0 Å². The van der Waals surface area contributed by atoms with E-state index in [4.69, 9.17) is 12.2 Å². The zero-order valence-corrected chi connectivity index (χ0v) is 20.5. The van der Waals surface area contributed by atoms with Crippen LogP contribution in [0.25, 0.3) is 0 Å². The van der Waals surface area contributed by atoms with E-state index in [9.17, 15) is 0 Å². The molecule has 1 N–H and O–H groups in total. The largest absolute Gasteiger partial charge is 0.380 e. The summed E-state index contributed by atoms with van der Waals surface area (Å²) in [4.78, 5) is 1.09. The van der Waals surface area contributed by atoms with Crippen molar-refractivity contribution in [1.82, 2.24) is 5.32 Å². The first-order valence-corrected chi connectivity index (χ1v) is 13.5. The summed E-state index contributed by atoms with van der Waals surface area (Å²) in [7, 11) is 0. The van der Waals surface area contributed by atoms with E-state index in [-0.39, 0.29) is 0 Å². The van der Waals surface area contributed by atoms with Gasteiger partial charge in [0.15, 0.2) is 0 Å². The SMILES string of the molecule is CCCCCCCCCCCCCCCCCCNC(=S)CCCCCCC. The molecular formula is C26H53NS. The maximum absolute atomic E-state index is 5.43. The number of rotatable bonds is 23. The summed E-state index contributed by atoms with van der Waals surface area (Å²) in [5, 5.41) is 3.45. The highest BCUT2D eigenvalue weighted by atomic mass is 32.1. The molecule has 0 unspecified atom stereocenters. The van der Waals surface area contributed by atoms with Crippen LogP contribution in [0.1, 0.15) is 155 Å². The third kappa shape index (κ3) is 23.9. The van der Waals surface area contributed by atoms with E-state index in [1.54, 1.807) is 0 Å². The van der Waals surface area contributed by atoms with Gasteiger partial charge in [0, 0.05) is 6.54 Å². The Morgan fingerprint density at radius 3 is 1.18 bits per heavy atom. The first-order chi connectivity index (χ1) is 13.8. The van der Waals surface area contributed by atoms with Gasteiger partial charge in [0.1, 0.15) is 0 Å². The van der Waals surface area contributed by atoms with Gasteiger partial charge in [-0.05, 0) is 19.3 Å². The molecule has 168 valence electrons. The van der Waals surface area contributed by atoms with Gasteiger partial charge in [-0.15, -0.1) is 0 Å². The van der Waals surface area contributed by atoms with Crippen molar-refractivity contribution in [3.8, 4) is 0 Å². The zero-order valence-electron chi connectivity index (χ0n) is 19.7. The lowest BCUT2D eigenvalue weighted by molar-refractivity contribution is 0.529. The molecule has 0 aromatic heterocycles. The van der Waals surface area contributed by atoms with Crippen LogP contribution in [-0.2, 0) is 0 Å². The minimum Gasteiger partial charge on any atom is -0.380 e. The summed E-state index contributed by atoms with van der Waals surface area (Å²) < 4.78 is 0. The summed E-state index contributed by atoms with van der Waals surface area (Å²) in [6, 6.07) is 0. The Hall–Kier alpha value is -0.110. The zero-order chi connectivity index (χ0) is 20.5. The Morgan fingerprint density at radius 2 is 0.786 bits per heavy atom. The van der Waals surface area contributed by atoms with Crippen LogP contribution >= 0.6 is 12.2 Å². The molecule has 0 spiro atoms. The number of unbranched alkanes of at least 4 members (excludes halogenated alkanes) is 19. The predicted molar refractivity (Wildman–Crippen MR) is 134 cm³/mol. The second-order valence-electron chi connectivity index (χ2n) is 8.82. The van der Waals surface area contributed by atoms with Crippen LogP contribution in [0.5, 0.6) is 0 Å². The second kappa shape index (κ2) is 24.9. The number of nitrogens with one attached hydrogen (secondary N) is 1. The Labute approximate surface area is 184 Å². The highest BCUT2D eigenvalue weighted by molar-refractivity contribution is 7.80. The minimum atomic E-state index is 1.09. The van der Waals surface area contributed by atoms with Gasteiger partial charge in [0.05, 0.1) is 4.99 Å². The van der Waals surface area contributed by atoms with E-state index in [0.717, 1.165) is 18.0 Å². The van der Waals surface area contributed by atoms with Crippen molar-refractivity contribution in [3.63, 3.8) is 0 Å². The molecule has 0 rings (SSSR count). The molecule has 0 saturated carbocycles. The van der Waals surface area contributed by atoms with E-state index in [1.165, 1.54) is 135 Å². The van der Waals surface area contributed by atoms with Crippen molar-refractivity contribution in [2.24, 2.45) is 0 Å². The lowest BCUT2D eigenvalue weighted by atomic mass is 10.0. The Bertz CT molecular complexity index is 303. The Morgan fingerprint density at radius 1 is 0.464 bits per heavy atom. The molecule has 0 heterocycles. The lowest BCUT2D eigenvalue weighted by Crippen LogP contribution is -2.22. The molecular weight excluding hydrogens is 358 g/mol. The van der Waals surface area contributed by atoms with Crippen LogP contribution in [0.3, 0.4) is 0 Å². The maximum Gasteiger partial charge on any atom is 0.0753 e. The van der Waals surface area contributed by atoms with Gasteiger partial charge in [0.2, 0.25) is 0 Å². The summed E-state index contributed by atoms with van der Waals surface area (Å²) in [5.41, 5.74) is 0. The van der Waals surface area contributed by atoms with Crippen LogP contribution in [0.15, 0.2) is 0 Å². The van der Waals surface area contributed by atoms with E-state index in [0.29, 0.717) is 0 Å². The van der Waals surface area contributed by atoms with Gasteiger partial charge in [0.25, 0.3) is 0 Å². The normalized spacial score (nSPS) is 11.1. The van der Waals surface area contributed by atoms with Crippen LogP contribution in [0, 0.1) is 0 Å². The maximum atomic E-state index is 5.43. The van der Waals surface area contributed by atoms with Crippen molar-refractivity contribution in [2.45, 2.75) is 155 Å². The molecule has 0 radical (unpaired) electrons. The molecule has 0 aliphatic carbocycles. The molecule has 0 aromatic rings. The average Bonchev–Trinajstić information content (AvgIpc) is 2.70. The third-order valence-electron chi connectivity index (χ3n) is 5.86. The summed E-state index contributed by atoms with van der Waals surface area (Å²) in [6.07, 6.45) is 30.7. The van der Waals surface area contributed by atoms with Crippen molar-refractivity contribution in [1.29, 1.82) is 0 Å². The van der Waals surface area contributed by atoms with Gasteiger partial charge in [-0.25, -0.2) is 0 Å². The molecule has 0 amide bonds. The molecule has 0 fully saturated rings. The Kier molecular flexibility index (Phi) is 24.8. The fourth-order valence-electron chi connectivity index (χ4n) is 3.88. The molecule has 2 heteroatoms. The lowest BCUT2D eigenvalue weighted by Gasteiger charge is -2.08. The standard InChI is InChI=1S/C26H53NS/c1-3-5-7-9-10-11-12-13-14-15-16-17-18-19-21-23-25-27-26(28)24-22-20-8-6-4-2/h3-25H2,1-2H3,(H,27,28). The Balaban J connectivity index is 3.09.